The Hall–Kier alpha value is -3.71. The molecule has 2 N–H and O–H groups in total. The third-order valence-corrected chi connectivity index (χ3v) is 5.36. The summed E-state index contributed by atoms with van der Waals surface area (Å²) in [4.78, 5) is 27.4. The molecule has 0 radical (unpaired) electrons. The first kappa shape index (κ1) is 21.5. The predicted octanol–water partition coefficient (Wildman–Crippen LogP) is 4.68. The fourth-order valence-corrected chi connectivity index (χ4v) is 3.80. The molecule has 4 rings (SSSR count). The van der Waals surface area contributed by atoms with Crippen LogP contribution in [0.4, 0.5) is 15.8 Å². The molecule has 2 amide bonds. The Balaban J connectivity index is 1.55. The van der Waals surface area contributed by atoms with Gasteiger partial charge in [-0.05, 0) is 42.8 Å². The normalized spacial score (nSPS) is 14.9. The van der Waals surface area contributed by atoms with Crippen molar-refractivity contribution in [1.82, 2.24) is 4.90 Å². The van der Waals surface area contributed by atoms with Crippen LogP contribution in [-0.4, -0.2) is 37.0 Å². The number of fused-ring (bicyclic) bond motifs is 1. The molecule has 0 aromatic heterocycles. The van der Waals surface area contributed by atoms with Crippen LogP contribution < -0.4 is 10.6 Å². The number of methoxy groups -OCH3 is 1. The van der Waals surface area contributed by atoms with Crippen molar-refractivity contribution in [2.75, 3.05) is 30.9 Å². The molecule has 3 aromatic carbocycles. The van der Waals surface area contributed by atoms with Gasteiger partial charge in [0.1, 0.15) is 12.0 Å². The Labute approximate surface area is 186 Å². The van der Waals surface area contributed by atoms with Gasteiger partial charge >= 0.3 is 0 Å². The number of carbonyl (C=O) groups excluding carboxylic acids is 2. The molecule has 3 aromatic rings. The molecule has 0 bridgehead atoms. The summed E-state index contributed by atoms with van der Waals surface area (Å²) in [5.41, 5.74) is 2.72. The average Bonchev–Trinajstić information content (AvgIpc) is 3.07. The summed E-state index contributed by atoms with van der Waals surface area (Å²) in [5, 5.41) is 5.98. The molecule has 0 saturated carbocycles. The van der Waals surface area contributed by atoms with E-state index in [1.807, 2.05) is 30.3 Å². The lowest BCUT2D eigenvalue weighted by Crippen LogP contribution is -2.33. The minimum atomic E-state index is -0.497. The van der Waals surface area contributed by atoms with Crippen molar-refractivity contribution in [3.8, 4) is 0 Å². The first-order valence-electron chi connectivity index (χ1n) is 10.4. The van der Waals surface area contributed by atoms with Crippen molar-refractivity contribution in [2.45, 2.75) is 12.6 Å². The molecule has 164 valence electrons. The monoisotopic (exact) mass is 433 g/mol. The van der Waals surface area contributed by atoms with E-state index in [2.05, 4.69) is 10.6 Å². The zero-order valence-electron chi connectivity index (χ0n) is 17.7. The van der Waals surface area contributed by atoms with Crippen LogP contribution in [-0.2, 0) is 4.74 Å². The number of para-hydroxylation sites is 1. The molecule has 0 spiro atoms. The number of rotatable bonds is 8. The van der Waals surface area contributed by atoms with Crippen molar-refractivity contribution in [1.29, 1.82) is 0 Å². The predicted molar refractivity (Wildman–Crippen MR) is 121 cm³/mol. The maximum Gasteiger partial charge on any atom is 0.256 e. The molecule has 1 aliphatic heterocycles. The number of nitrogens with zero attached hydrogens (tertiary/aromatic N) is 1. The number of amides is 2. The molecule has 1 heterocycles. The van der Waals surface area contributed by atoms with E-state index in [1.165, 1.54) is 12.1 Å². The average molecular weight is 433 g/mol. The lowest BCUT2D eigenvalue weighted by Gasteiger charge is -2.27. The summed E-state index contributed by atoms with van der Waals surface area (Å²) in [7, 11) is 1.63. The Kier molecular flexibility index (Phi) is 6.47. The van der Waals surface area contributed by atoms with E-state index in [0.29, 0.717) is 36.4 Å². The van der Waals surface area contributed by atoms with Gasteiger partial charge in [0.25, 0.3) is 11.8 Å². The number of carbonyl (C=O) groups is 2. The number of hydrogen-bond acceptors (Lipinski definition) is 4. The van der Waals surface area contributed by atoms with Crippen molar-refractivity contribution in [2.24, 2.45) is 0 Å². The SMILES string of the molecule is COCCCN1C(=O)c2ccccc2C1Nc1cccc(C(=O)Nc2ccccc2F)c1. The van der Waals surface area contributed by atoms with Gasteiger partial charge in [-0.1, -0.05) is 36.4 Å². The highest BCUT2D eigenvalue weighted by Gasteiger charge is 2.36. The van der Waals surface area contributed by atoms with Crippen LogP contribution in [0.5, 0.6) is 0 Å². The van der Waals surface area contributed by atoms with Gasteiger partial charge in [0.15, 0.2) is 0 Å². The van der Waals surface area contributed by atoms with E-state index in [1.54, 1.807) is 42.3 Å². The number of nitrogens with one attached hydrogen (secondary N) is 2. The molecule has 32 heavy (non-hydrogen) atoms. The molecule has 1 unspecified atom stereocenters. The van der Waals surface area contributed by atoms with Gasteiger partial charge in [0.2, 0.25) is 0 Å². The molecular formula is C25H24FN3O3. The summed E-state index contributed by atoms with van der Waals surface area (Å²) < 4.78 is 19.0. The summed E-state index contributed by atoms with van der Waals surface area (Å²) in [6, 6.07) is 20.4. The fourth-order valence-electron chi connectivity index (χ4n) is 3.80. The largest absolute Gasteiger partial charge is 0.385 e. The molecule has 0 aliphatic carbocycles. The van der Waals surface area contributed by atoms with E-state index in [4.69, 9.17) is 4.74 Å². The number of ether oxygens (including phenoxy) is 1. The minimum absolute atomic E-state index is 0.0392. The first-order chi connectivity index (χ1) is 15.6. The maximum atomic E-state index is 13.9. The van der Waals surface area contributed by atoms with Gasteiger partial charge in [0, 0.05) is 42.6 Å². The standard InChI is InChI=1S/C25H24FN3O3/c1-32-15-7-14-29-23(19-10-2-3-11-20(19)25(29)31)27-18-9-6-8-17(16-18)24(30)28-22-13-5-4-12-21(22)26/h2-6,8-13,16,23,27H,7,14-15H2,1H3,(H,28,30). The topological polar surface area (TPSA) is 70.7 Å². The third kappa shape index (κ3) is 4.48. The Bertz CT molecular complexity index is 1130. The van der Waals surface area contributed by atoms with E-state index >= 15 is 0 Å². The van der Waals surface area contributed by atoms with Crippen LogP contribution in [0.25, 0.3) is 0 Å². The molecule has 0 saturated heterocycles. The zero-order valence-corrected chi connectivity index (χ0v) is 17.7. The highest BCUT2D eigenvalue weighted by molar-refractivity contribution is 6.05. The van der Waals surface area contributed by atoms with Crippen molar-refractivity contribution < 1.29 is 18.7 Å². The minimum Gasteiger partial charge on any atom is -0.385 e. The quantitative estimate of drug-likeness (QED) is 0.506. The van der Waals surface area contributed by atoms with E-state index in [-0.39, 0.29) is 17.8 Å². The van der Waals surface area contributed by atoms with Crippen LogP contribution in [0.2, 0.25) is 0 Å². The molecule has 0 fully saturated rings. The lowest BCUT2D eigenvalue weighted by atomic mass is 10.1. The molecule has 6 nitrogen and oxygen atoms in total. The van der Waals surface area contributed by atoms with Gasteiger partial charge in [-0.15, -0.1) is 0 Å². The summed E-state index contributed by atoms with van der Waals surface area (Å²) in [6.07, 6.45) is 0.347. The Morgan fingerprint density at radius 2 is 1.84 bits per heavy atom. The van der Waals surface area contributed by atoms with Gasteiger partial charge in [-0.2, -0.15) is 0 Å². The summed E-state index contributed by atoms with van der Waals surface area (Å²) in [5.74, 6) is -0.954. The first-order valence-corrected chi connectivity index (χ1v) is 10.4. The second-order valence-electron chi connectivity index (χ2n) is 7.49. The Morgan fingerprint density at radius 3 is 2.66 bits per heavy atom. The molecule has 7 heteroatoms. The number of halogens is 1. The van der Waals surface area contributed by atoms with E-state index < -0.39 is 11.7 Å². The van der Waals surface area contributed by atoms with E-state index in [9.17, 15) is 14.0 Å². The maximum absolute atomic E-state index is 13.9. The van der Waals surface area contributed by atoms with Crippen LogP contribution in [0.15, 0.2) is 72.8 Å². The zero-order chi connectivity index (χ0) is 22.5. The summed E-state index contributed by atoms with van der Waals surface area (Å²) >= 11 is 0. The summed E-state index contributed by atoms with van der Waals surface area (Å²) in [6.45, 7) is 1.09. The molecule has 1 atom stereocenters. The van der Waals surface area contributed by atoms with Crippen LogP contribution in [0.3, 0.4) is 0 Å². The fraction of sp³-hybridized carbons (Fsp3) is 0.200. The van der Waals surface area contributed by atoms with Crippen molar-refractivity contribution in [3.05, 3.63) is 95.3 Å². The highest BCUT2D eigenvalue weighted by atomic mass is 19.1. The lowest BCUT2D eigenvalue weighted by molar-refractivity contribution is 0.0721. The second-order valence-corrected chi connectivity index (χ2v) is 7.49. The molecule has 1 aliphatic rings. The Morgan fingerprint density at radius 1 is 1.06 bits per heavy atom. The van der Waals surface area contributed by atoms with Crippen molar-refractivity contribution >= 4 is 23.2 Å². The highest BCUT2D eigenvalue weighted by Crippen LogP contribution is 2.34. The van der Waals surface area contributed by atoms with Gasteiger partial charge in [0.05, 0.1) is 5.69 Å². The van der Waals surface area contributed by atoms with Crippen molar-refractivity contribution in [3.63, 3.8) is 0 Å². The van der Waals surface area contributed by atoms with Gasteiger partial charge in [-0.3, -0.25) is 9.59 Å². The van der Waals surface area contributed by atoms with Gasteiger partial charge in [-0.25, -0.2) is 4.39 Å². The van der Waals surface area contributed by atoms with Gasteiger partial charge < -0.3 is 20.3 Å². The molecular weight excluding hydrogens is 409 g/mol. The van der Waals surface area contributed by atoms with E-state index in [0.717, 1.165) is 5.56 Å². The number of anilines is 2. The number of hydrogen-bond donors (Lipinski definition) is 2. The number of benzene rings is 3. The van der Waals surface area contributed by atoms with Crippen LogP contribution in [0, 0.1) is 5.82 Å². The smallest absolute Gasteiger partial charge is 0.256 e. The van der Waals surface area contributed by atoms with Crippen LogP contribution in [0.1, 0.15) is 38.9 Å². The second kappa shape index (κ2) is 9.62. The van der Waals surface area contributed by atoms with Crippen LogP contribution >= 0.6 is 0 Å². The third-order valence-electron chi connectivity index (χ3n) is 5.36.